The average molecular weight is 218 g/mol. The lowest BCUT2D eigenvalue weighted by atomic mass is 10.0. The van der Waals surface area contributed by atoms with E-state index in [4.69, 9.17) is 19.3 Å². The van der Waals surface area contributed by atoms with Crippen molar-refractivity contribution < 1.29 is 29.2 Å². The maximum absolute atomic E-state index is 11.4. The normalized spacial score (nSPS) is 43.6. The van der Waals surface area contributed by atoms with Gasteiger partial charge in [0.1, 0.15) is 12.2 Å². The number of ether oxygens (including phenoxy) is 3. The number of rotatable bonds is 1. The summed E-state index contributed by atoms with van der Waals surface area (Å²) < 4.78 is 15.5. The minimum Gasteiger partial charge on any atom is -0.455 e. The summed E-state index contributed by atoms with van der Waals surface area (Å²) in [5.74, 6) is -1.52. The zero-order valence-corrected chi connectivity index (χ0v) is 8.54. The number of esters is 1. The second kappa shape index (κ2) is 3.41. The van der Waals surface area contributed by atoms with E-state index in [2.05, 4.69) is 0 Å². The minimum atomic E-state index is -1.06. The molecule has 0 unspecified atom stereocenters. The van der Waals surface area contributed by atoms with Gasteiger partial charge in [-0.1, -0.05) is 0 Å². The van der Waals surface area contributed by atoms with Gasteiger partial charge in [-0.15, -0.1) is 0 Å². The molecule has 2 heterocycles. The molecule has 0 aromatic heterocycles. The Morgan fingerprint density at radius 3 is 2.67 bits per heavy atom. The topological polar surface area (TPSA) is 85.2 Å². The monoisotopic (exact) mass is 218 g/mol. The highest BCUT2D eigenvalue weighted by atomic mass is 16.8. The Kier molecular flexibility index (Phi) is 2.46. The molecule has 4 atom stereocenters. The van der Waals surface area contributed by atoms with Crippen molar-refractivity contribution in [2.24, 2.45) is 0 Å². The summed E-state index contributed by atoms with van der Waals surface area (Å²) >= 11 is 0. The van der Waals surface area contributed by atoms with Crippen molar-refractivity contribution in [3.63, 3.8) is 0 Å². The Hall–Kier alpha value is -0.690. The van der Waals surface area contributed by atoms with E-state index in [1.165, 1.54) is 0 Å². The predicted octanol–water partition coefficient (Wildman–Crippen LogP) is -1.21. The van der Waals surface area contributed by atoms with Crippen LogP contribution in [0.4, 0.5) is 0 Å². The van der Waals surface area contributed by atoms with Crippen molar-refractivity contribution >= 4 is 5.97 Å². The average Bonchev–Trinajstić information content (AvgIpc) is 2.48. The third kappa shape index (κ3) is 1.74. The summed E-state index contributed by atoms with van der Waals surface area (Å²) in [6, 6.07) is 0. The highest BCUT2D eigenvalue weighted by Gasteiger charge is 2.55. The molecule has 0 saturated carbocycles. The van der Waals surface area contributed by atoms with Gasteiger partial charge in [-0.05, 0) is 13.8 Å². The molecule has 0 aromatic rings. The predicted molar refractivity (Wildman–Crippen MR) is 46.8 cm³/mol. The summed E-state index contributed by atoms with van der Waals surface area (Å²) in [6.45, 7) is 2.87. The van der Waals surface area contributed by atoms with E-state index in [1.807, 2.05) is 0 Å². The van der Waals surface area contributed by atoms with Gasteiger partial charge in [0.2, 0.25) is 0 Å². The molecule has 15 heavy (non-hydrogen) atoms. The SMILES string of the molecule is CC1(C)O[C@H]2[C@H](O)[C@@H](CO)OC(=O)[C@H]2O1. The molecule has 0 spiro atoms. The Morgan fingerprint density at radius 2 is 2.07 bits per heavy atom. The Morgan fingerprint density at radius 1 is 1.40 bits per heavy atom. The molecule has 2 aliphatic heterocycles. The van der Waals surface area contributed by atoms with Crippen LogP contribution in [0.5, 0.6) is 0 Å². The van der Waals surface area contributed by atoms with E-state index in [0.29, 0.717) is 0 Å². The van der Waals surface area contributed by atoms with Gasteiger partial charge in [-0.2, -0.15) is 0 Å². The molecule has 0 bridgehead atoms. The lowest BCUT2D eigenvalue weighted by molar-refractivity contribution is -0.190. The van der Waals surface area contributed by atoms with E-state index in [-0.39, 0.29) is 0 Å². The molecule has 2 rings (SSSR count). The van der Waals surface area contributed by atoms with Gasteiger partial charge in [-0.3, -0.25) is 0 Å². The highest BCUT2D eigenvalue weighted by Crippen LogP contribution is 2.34. The van der Waals surface area contributed by atoms with Gasteiger partial charge in [0, 0.05) is 0 Å². The van der Waals surface area contributed by atoms with E-state index in [1.54, 1.807) is 13.8 Å². The number of cyclic esters (lactones) is 1. The number of hydrogen-bond acceptors (Lipinski definition) is 6. The van der Waals surface area contributed by atoms with Crippen LogP contribution < -0.4 is 0 Å². The number of carbonyl (C=O) groups excluding carboxylic acids is 1. The first kappa shape index (κ1) is 10.8. The van der Waals surface area contributed by atoms with Crippen LogP contribution in [-0.2, 0) is 19.0 Å². The standard InChI is InChI=1S/C9H14O6/c1-9(2)14-6-5(11)4(3-10)13-8(12)7(6)15-9/h4-7,10-11H,3H2,1-2H3/t4-,5-,6+,7+/m1/s1. The van der Waals surface area contributed by atoms with Crippen LogP contribution in [0.25, 0.3) is 0 Å². The van der Waals surface area contributed by atoms with Crippen molar-refractivity contribution in [3.8, 4) is 0 Å². The maximum atomic E-state index is 11.4. The summed E-state index contributed by atoms with van der Waals surface area (Å²) in [7, 11) is 0. The molecule has 0 aromatic carbocycles. The second-order valence-corrected chi connectivity index (χ2v) is 4.17. The lowest BCUT2D eigenvalue weighted by Gasteiger charge is -2.32. The third-order valence-corrected chi connectivity index (χ3v) is 2.53. The first-order valence-corrected chi connectivity index (χ1v) is 4.79. The minimum absolute atomic E-state index is 0.431. The van der Waals surface area contributed by atoms with Gasteiger partial charge in [0.25, 0.3) is 0 Å². The van der Waals surface area contributed by atoms with Crippen molar-refractivity contribution in [1.82, 2.24) is 0 Å². The van der Waals surface area contributed by atoms with Crippen LogP contribution in [0, 0.1) is 0 Å². The summed E-state index contributed by atoms with van der Waals surface area (Å²) in [4.78, 5) is 11.4. The van der Waals surface area contributed by atoms with Crippen LogP contribution in [0.1, 0.15) is 13.8 Å². The van der Waals surface area contributed by atoms with E-state index < -0.39 is 42.8 Å². The first-order chi connectivity index (χ1) is 6.94. The van der Waals surface area contributed by atoms with Crippen LogP contribution in [0.3, 0.4) is 0 Å². The van der Waals surface area contributed by atoms with E-state index in [0.717, 1.165) is 0 Å². The van der Waals surface area contributed by atoms with Crippen LogP contribution in [-0.4, -0.2) is 53.0 Å². The zero-order valence-electron chi connectivity index (χ0n) is 8.54. The number of fused-ring (bicyclic) bond motifs is 1. The van der Waals surface area contributed by atoms with Crippen LogP contribution in [0.2, 0.25) is 0 Å². The Bertz CT molecular complexity index is 276. The first-order valence-electron chi connectivity index (χ1n) is 4.79. The molecular weight excluding hydrogens is 204 g/mol. The largest absolute Gasteiger partial charge is 0.455 e. The molecule has 2 fully saturated rings. The second-order valence-electron chi connectivity index (χ2n) is 4.17. The summed E-state index contributed by atoms with van der Waals surface area (Å²) in [5, 5.41) is 18.6. The molecule has 2 saturated heterocycles. The molecule has 0 amide bonds. The highest BCUT2D eigenvalue weighted by molar-refractivity contribution is 5.77. The fourth-order valence-corrected chi connectivity index (χ4v) is 1.86. The number of carbonyl (C=O) groups is 1. The smallest absolute Gasteiger partial charge is 0.338 e. The molecular formula is C9H14O6. The van der Waals surface area contributed by atoms with Crippen molar-refractivity contribution in [3.05, 3.63) is 0 Å². The molecule has 0 aliphatic carbocycles. The number of hydrogen-bond donors (Lipinski definition) is 2. The van der Waals surface area contributed by atoms with E-state index in [9.17, 15) is 9.90 Å². The molecule has 0 radical (unpaired) electrons. The van der Waals surface area contributed by atoms with Crippen LogP contribution >= 0.6 is 0 Å². The number of aliphatic hydroxyl groups is 2. The Labute approximate surface area is 86.7 Å². The van der Waals surface area contributed by atoms with Gasteiger partial charge >= 0.3 is 5.97 Å². The molecule has 6 nitrogen and oxygen atoms in total. The molecule has 2 N–H and O–H groups in total. The van der Waals surface area contributed by atoms with Gasteiger partial charge < -0.3 is 24.4 Å². The van der Waals surface area contributed by atoms with Gasteiger partial charge in [-0.25, -0.2) is 4.79 Å². The van der Waals surface area contributed by atoms with E-state index >= 15 is 0 Å². The molecule has 86 valence electrons. The fraction of sp³-hybridized carbons (Fsp3) is 0.889. The third-order valence-electron chi connectivity index (χ3n) is 2.53. The van der Waals surface area contributed by atoms with Gasteiger partial charge in [0.05, 0.1) is 6.61 Å². The van der Waals surface area contributed by atoms with Gasteiger partial charge in [0.15, 0.2) is 18.0 Å². The lowest BCUT2D eigenvalue weighted by Crippen LogP contribution is -2.55. The zero-order chi connectivity index (χ0) is 11.2. The summed E-state index contributed by atoms with van der Waals surface area (Å²) in [5.41, 5.74) is 0. The molecule has 2 aliphatic rings. The number of aliphatic hydroxyl groups excluding tert-OH is 2. The quantitative estimate of drug-likeness (QED) is 0.537. The summed E-state index contributed by atoms with van der Waals surface area (Å²) in [6.07, 6.45) is -3.66. The maximum Gasteiger partial charge on any atom is 0.338 e. The van der Waals surface area contributed by atoms with Crippen LogP contribution in [0.15, 0.2) is 0 Å². The van der Waals surface area contributed by atoms with Crippen molar-refractivity contribution in [1.29, 1.82) is 0 Å². The Balaban J connectivity index is 2.20. The fourth-order valence-electron chi connectivity index (χ4n) is 1.86. The molecule has 6 heteroatoms. The van der Waals surface area contributed by atoms with Crippen molar-refractivity contribution in [2.45, 2.75) is 44.1 Å². The van der Waals surface area contributed by atoms with Crippen molar-refractivity contribution in [2.75, 3.05) is 6.61 Å².